The van der Waals surface area contributed by atoms with Crippen molar-refractivity contribution in [2.75, 3.05) is 26.5 Å². The Bertz CT molecular complexity index is 810. The second-order valence-electron chi connectivity index (χ2n) is 6.78. The summed E-state index contributed by atoms with van der Waals surface area (Å²) < 4.78 is 10.7. The molecule has 5 nitrogen and oxygen atoms in total. The van der Waals surface area contributed by atoms with Gasteiger partial charge in [0.1, 0.15) is 5.75 Å². The van der Waals surface area contributed by atoms with Crippen LogP contribution in [0.5, 0.6) is 5.75 Å². The Morgan fingerprint density at radius 2 is 1.61 bits per heavy atom. The van der Waals surface area contributed by atoms with Gasteiger partial charge in [-0.25, -0.2) is 4.79 Å². The Morgan fingerprint density at radius 1 is 1.00 bits per heavy atom. The van der Waals surface area contributed by atoms with Crippen LogP contribution in [0.1, 0.15) is 22.3 Å². The Kier molecular flexibility index (Phi) is 7.93. The summed E-state index contributed by atoms with van der Waals surface area (Å²) in [7, 11) is 1.69. The molecule has 0 saturated carbocycles. The first kappa shape index (κ1) is 21.8. The van der Waals surface area contributed by atoms with Crippen LogP contribution in [0, 0.1) is 20.8 Å². The second kappa shape index (κ2) is 10.2. The van der Waals surface area contributed by atoms with Crippen molar-refractivity contribution in [1.82, 2.24) is 4.90 Å². The van der Waals surface area contributed by atoms with E-state index in [2.05, 4.69) is 0 Å². The summed E-state index contributed by atoms with van der Waals surface area (Å²) in [5.41, 5.74) is 4.09. The molecule has 0 aliphatic carbocycles. The van der Waals surface area contributed by atoms with Crippen LogP contribution in [-0.4, -0.2) is 43.3 Å². The molecule has 0 unspecified atom stereocenters. The number of nitrogens with zero attached hydrogens (tertiary/aromatic N) is 1. The summed E-state index contributed by atoms with van der Waals surface area (Å²) in [5, 5.41) is 0. The van der Waals surface area contributed by atoms with Gasteiger partial charge in [-0.1, -0.05) is 29.8 Å². The quantitative estimate of drug-likeness (QED) is 0.496. The fourth-order valence-electron chi connectivity index (χ4n) is 2.91. The molecule has 2 rings (SSSR count). The summed E-state index contributed by atoms with van der Waals surface area (Å²) in [5.74, 6) is -0.143. The molecule has 0 aliphatic rings. The van der Waals surface area contributed by atoms with E-state index in [1.54, 1.807) is 18.8 Å². The molecule has 2 aromatic carbocycles. The molecule has 0 fully saturated rings. The molecule has 0 spiro atoms. The number of esters is 1. The van der Waals surface area contributed by atoms with Gasteiger partial charge in [0.25, 0.3) is 5.91 Å². The third kappa shape index (κ3) is 6.30. The predicted molar refractivity (Wildman–Crippen MR) is 112 cm³/mol. The Labute approximate surface area is 171 Å². The highest BCUT2D eigenvalue weighted by Crippen LogP contribution is 2.24. The Morgan fingerprint density at radius 3 is 2.18 bits per heavy atom. The number of likely N-dealkylation sites (N-methyl/N-ethyl adjacent to an activating group) is 1. The molecule has 0 bridgehead atoms. The van der Waals surface area contributed by atoms with Crippen molar-refractivity contribution in [1.29, 1.82) is 0 Å². The number of ether oxygens (including phenoxy) is 2. The smallest absolute Gasteiger partial charge is 0.344 e. The third-order valence-corrected chi connectivity index (χ3v) is 5.04. The molecule has 0 heterocycles. The molecule has 28 heavy (non-hydrogen) atoms. The van der Waals surface area contributed by atoms with Crippen LogP contribution >= 0.6 is 11.8 Å². The highest BCUT2D eigenvalue weighted by molar-refractivity contribution is 7.98. The lowest BCUT2D eigenvalue weighted by molar-refractivity contribution is -0.153. The zero-order chi connectivity index (χ0) is 20.7. The predicted octanol–water partition coefficient (Wildman–Crippen LogP) is 3.91. The number of amides is 1. The fourth-order valence-corrected chi connectivity index (χ4v) is 3.32. The lowest BCUT2D eigenvalue weighted by Gasteiger charge is -2.17. The number of hydrogen-bond acceptors (Lipinski definition) is 5. The molecule has 150 valence electrons. The maximum atomic E-state index is 12.2. The number of benzene rings is 2. The molecule has 0 N–H and O–H groups in total. The van der Waals surface area contributed by atoms with Gasteiger partial charge < -0.3 is 14.4 Å². The van der Waals surface area contributed by atoms with Crippen LogP contribution in [-0.2, 0) is 20.9 Å². The van der Waals surface area contributed by atoms with Gasteiger partial charge in [-0.15, -0.1) is 11.8 Å². The third-order valence-electron chi connectivity index (χ3n) is 4.30. The maximum absolute atomic E-state index is 12.2. The standard InChI is InChI=1S/C22H27NO4S/c1-15-10-16(2)22(17(3)11-15)27-14-21(25)26-13-20(24)23(4)12-18-6-8-19(28-5)9-7-18/h6-11H,12-14H2,1-5H3. The van der Waals surface area contributed by atoms with Gasteiger partial charge in [0.2, 0.25) is 0 Å². The summed E-state index contributed by atoms with van der Waals surface area (Å²) in [6.07, 6.45) is 2.02. The summed E-state index contributed by atoms with van der Waals surface area (Å²) in [4.78, 5) is 26.9. The molecule has 0 saturated heterocycles. The minimum absolute atomic E-state index is 0.224. The van der Waals surface area contributed by atoms with Crippen molar-refractivity contribution in [3.63, 3.8) is 0 Å². The van der Waals surface area contributed by atoms with E-state index < -0.39 is 5.97 Å². The Hall–Kier alpha value is -2.47. The first-order valence-electron chi connectivity index (χ1n) is 9.03. The minimum atomic E-state index is -0.564. The summed E-state index contributed by atoms with van der Waals surface area (Å²) in [6, 6.07) is 12.0. The SMILES string of the molecule is CSc1ccc(CN(C)C(=O)COC(=O)COc2c(C)cc(C)cc2C)cc1. The zero-order valence-corrected chi connectivity index (χ0v) is 17.9. The number of carbonyl (C=O) groups is 2. The normalized spacial score (nSPS) is 10.5. The summed E-state index contributed by atoms with van der Waals surface area (Å²) in [6.45, 7) is 5.82. The average Bonchev–Trinajstić information content (AvgIpc) is 2.65. The molecular formula is C22H27NO4S. The molecule has 2 aromatic rings. The maximum Gasteiger partial charge on any atom is 0.344 e. The molecule has 1 amide bonds. The molecular weight excluding hydrogens is 374 g/mol. The average molecular weight is 402 g/mol. The van der Waals surface area contributed by atoms with Crippen molar-refractivity contribution >= 4 is 23.6 Å². The van der Waals surface area contributed by atoms with Crippen molar-refractivity contribution in [3.05, 3.63) is 58.7 Å². The summed E-state index contributed by atoms with van der Waals surface area (Å²) >= 11 is 1.67. The highest BCUT2D eigenvalue weighted by Gasteiger charge is 2.14. The van der Waals surface area contributed by atoms with Crippen molar-refractivity contribution in [2.24, 2.45) is 0 Å². The van der Waals surface area contributed by atoms with Gasteiger partial charge in [0, 0.05) is 18.5 Å². The topological polar surface area (TPSA) is 55.8 Å². The van der Waals surface area contributed by atoms with Gasteiger partial charge in [-0.3, -0.25) is 4.79 Å². The van der Waals surface area contributed by atoms with E-state index in [1.807, 2.05) is 63.4 Å². The van der Waals surface area contributed by atoms with Crippen molar-refractivity contribution in [2.45, 2.75) is 32.2 Å². The van der Waals surface area contributed by atoms with E-state index in [0.29, 0.717) is 12.3 Å². The number of carbonyl (C=O) groups excluding carboxylic acids is 2. The zero-order valence-electron chi connectivity index (χ0n) is 17.1. The fraction of sp³-hybridized carbons (Fsp3) is 0.364. The molecule has 0 atom stereocenters. The van der Waals surface area contributed by atoms with Crippen LogP contribution < -0.4 is 4.74 Å². The number of rotatable bonds is 8. The second-order valence-corrected chi connectivity index (χ2v) is 7.65. The van der Waals surface area contributed by atoms with E-state index in [4.69, 9.17) is 9.47 Å². The monoisotopic (exact) mass is 401 g/mol. The molecule has 0 aliphatic heterocycles. The van der Waals surface area contributed by atoms with Gasteiger partial charge in [-0.05, 0) is 55.9 Å². The van der Waals surface area contributed by atoms with E-state index in [0.717, 1.165) is 22.3 Å². The first-order chi connectivity index (χ1) is 13.3. The molecule has 0 radical (unpaired) electrons. The largest absolute Gasteiger partial charge is 0.481 e. The van der Waals surface area contributed by atoms with Crippen LogP contribution in [0.25, 0.3) is 0 Å². The van der Waals surface area contributed by atoms with E-state index in [-0.39, 0.29) is 19.1 Å². The lowest BCUT2D eigenvalue weighted by atomic mass is 10.1. The number of hydrogen-bond donors (Lipinski definition) is 0. The van der Waals surface area contributed by atoms with E-state index >= 15 is 0 Å². The van der Waals surface area contributed by atoms with Gasteiger partial charge in [0.05, 0.1) is 0 Å². The van der Waals surface area contributed by atoms with Crippen molar-refractivity contribution < 1.29 is 19.1 Å². The number of thioether (sulfide) groups is 1. The molecule has 0 aromatic heterocycles. The lowest BCUT2D eigenvalue weighted by Crippen LogP contribution is -2.31. The Balaban J connectivity index is 1.79. The minimum Gasteiger partial charge on any atom is -0.481 e. The van der Waals surface area contributed by atoms with Gasteiger partial charge >= 0.3 is 5.97 Å². The van der Waals surface area contributed by atoms with Gasteiger partial charge in [-0.2, -0.15) is 0 Å². The van der Waals surface area contributed by atoms with Crippen LogP contribution in [0.3, 0.4) is 0 Å². The first-order valence-corrected chi connectivity index (χ1v) is 10.3. The highest BCUT2D eigenvalue weighted by atomic mass is 32.2. The van der Waals surface area contributed by atoms with E-state index in [1.165, 1.54) is 9.80 Å². The van der Waals surface area contributed by atoms with Crippen LogP contribution in [0.15, 0.2) is 41.3 Å². The molecule has 6 heteroatoms. The van der Waals surface area contributed by atoms with Gasteiger partial charge in [0.15, 0.2) is 13.2 Å². The number of aryl methyl sites for hydroxylation is 3. The van der Waals surface area contributed by atoms with Crippen LogP contribution in [0.4, 0.5) is 0 Å². The van der Waals surface area contributed by atoms with E-state index in [9.17, 15) is 9.59 Å². The van der Waals surface area contributed by atoms with Crippen LogP contribution in [0.2, 0.25) is 0 Å². The van der Waals surface area contributed by atoms with Crippen molar-refractivity contribution in [3.8, 4) is 5.75 Å².